The molecule has 0 bridgehead atoms. The second-order valence-electron chi connectivity index (χ2n) is 4.23. The lowest BCUT2D eigenvalue weighted by Crippen LogP contribution is -2.00. The number of anilines is 2. The summed E-state index contributed by atoms with van der Waals surface area (Å²) in [4.78, 5) is 0. The lowest BCUT2D eigenvalue weighted by atomic mass is 10.1. The van der Waals surface area contributed by atoms with E-state index in [2.05, 4.69) is 29.7 Å². The number of benzene rings is 2. The van der Waals surface area contributed by atoms with Gasteiger partial charge < -0.3 is 16.0 Å². The fourth-order valence-corrected chi connectivity index (χ4v) is 2.52. The number of para-hydroxylation sites is 1. The minimum absolute atomic E-state index is 0.648. The van der Waals surface area contributed by atoms with Crippen LogP contribution in [0.4, 0.5) is 11.4 Å². The predicted molar refractivity (Wildman–Crippen MR) is 73.9 cm³/mol. The highest BCUT2D eigenvalue weighted by atomic mass is 15.0. The second-order valence-corrected chi connectivity index (χ2v) is 4.23. The lowest BCUT2D eigenvalue weighted by Gasteiger charge is -2.07. The maximum Gasteiger partial charge on any atom is 0.0795 e. The molecular formula is C14H15N3. The maximum atomic E-state index is 6.11. The zero-order valence-corrected chi connectivity index (χ0v) is 9.77. The van der Waals surface area contributed by atoms with Gasteiger partial charge in [-0.1, -0.05) is 24.3 Å². The van der Waals surface area contributed by atoms with Crippen LogP contribution in [-0.2, 0) is 6.54 Å². The molecule has 17 heavy (non-hydrogen) atoms. The van der Waals surface area contributed by atoms with E-state index in [-0.39, 0.29) is 0 Å². The van der Waals surface area contributed by atoms with E-state index in [0.717, 1.165) is 12.1 Å². The van der Waals surface area contributed by atoms with E-state index in [1.54, 1.807) is 0 Å². The zero-order valence-electron chi connectivity index (χ0n) is 9.77. The number of hydrogen-bond acceptors (Lipinski definition) is 2. The Morgan fingerprint density at radius 2 is 1.76 bits per heavy atom. The lowest BCUT2D eigenvalue weighted by molar-refractivity contribution is 0.828. The van der Waals surface area contributed by atoms with Crippen LogP contribution in [0.15, 0.2) is 36.4 Å². The molecule has 0 aliphatic rings. The Kier molecular flexibility index (Phi) is 2.01. The van der Waals surface area contributed by atoms with Crippen molar-refractivity contribution in [3.8, 4) is 0 Å². The minimum atomic E-state index is 0.648. The number of aryl methyl sites for hydroxylation is 1. The Hall–Kier alpha value is -2.16. The Labute approximate surface area is 99.6 Å². The first-order chi connectivity index (χ1) is 8.24. The second kappa shape index (κ2) is 3.42. The smallest absolute Gasteiger partial charge is 0.0795 e. The molecule has 2 aromatic carbocycles. The van der Waals surface area contributed by atoms with Crippen molar-refractivity contribution in [1.29, 1.82) is 0 Å². The number of nitrogens with two attached hydrogens (primary N) is 2. The van der Waals surface area contributed by atoms with E-state index in [9.17, 15) is 0 Å². The molecule has 0 spiro atoms. The summed E-state index contributed by atoms with van der Waals surface area (Å²) < 4.78 is 2.22. The van der Waals surface area contributed by atoms with Crippen molar-refractivity contribution in [1.82, 2.24) is 4.57 Å². The molecule has 0 radical (unpaired) electrons. The summed E-state index contributed by atoms with van der Waals surface area (Å²) in [6, 6.07) is 12.3. The largest absolute Gasteiger partial charge is 0.397 e. The highest BCUT2D eigenvalue weighted by Crippen LogP contribution is 2.34. The minimum Gasteiger partial charge on any atom is -0.397 e. The molecule has 1 heterocycles. The molecular weight excluding hydrogens is 210 g/mol. The third-order valence-corrected chi connectivity index (χ3v) is 3.32. The molecule has 0 unspecified atom stereocenters. The summed E-state index contributed by atoms with van der Waals surface area (Å²) in [5.74, 6) is 0. The number of rotatable bonds is 1. The zero-order chi connectivity index (χ0) is 12.0. The highest BCUT2D eigenvalue weighted by Gasteiger charge is 2.12. The number of fused-ring (bicyclic) bond motifs is 3. The van der Waals surface area contributed by atoms with Crippen LogP contribution < -0.4 is 11.5 Å². The van der Waals surface area contributed by atoms with Crippen LogP contribution in [-0.4, -0.2) is 4.57 Å². The molecule has 0 saturated carbocycles. The average molecular weight is 225 g/mol. The van der Waals surface area contributed by atoms with E-state index >= 15 is 0 Å². The molecule has 3 heteroatoms. The molecule has 0 fully saturated rings. The van der Waals surface area contributed by atoms with Crippen molar-refractivity contribution in [2.75, 3.05) is 11.5 Å². The van der Waals surface area contributed by atoms with Gasteiger partial charge in [0.05, 0.1) is 16.9 Å². The van der Waals surface area contributed by atoms with Crippen molar-refractivity contribution in [3.05, 3.63) is 36.4 Å². The molecule has 0 aliphatic heterocycles. The van der Waals surface area contributed by atoms with E-state index in [0.29, 0.717) is 11.4 Å². The summed E-state index contributed by atoms with van der Waals surface area (Å²) in [7, 11) is 0. The predicted octanol–water partition coefficient (Wildman–Crippen LogP) is 2.98. The van der Waals surface area contributed by atoms with Crippen LogP contribution >= 0.6 is 0 Å². The van der Waals surface area contributed by atoms with Crippen LogP contribution in [0.25, 0.3) is 21.8 Å². The Bertz CT molecular complexity index is 710. The normalized spacial score (nSPS) is 11.4. The quantitative estimate of drug-likeness (QED) is 0.625. The molecule has 3 aromatic rings. The number of hydrogen-bond donors (Lipinski definition) is 2. The third-order valence-electron chi connectivity index (χ3n) is 3.32. The van der Waals surface area contributed by atoms with Crippen LogP contribution in [0.3, 0.4) is 0 Å². The van der Waals surface area contributed by atoms with Gasteiger partial charge in [-0.2, -0.15) is 0 Å². The fraction of sp³-hybridized carbons (Fsp3) is 0.143. The van der Waals surface area contributed by atoms with Gasteiger partial charge in [0.15, 0.2) is 0 Å². The van der Waals surface area contributed by atoms with Crippen LogP contribution in [0.5, 0.6) is 0 Å². The topological polar surface area (TPSA) is 57.0 Å². The summed E-state index contributed by atoms with van der Waals surface area (Å²) in [5.41, 5.74) is 15.6. The molecule has 0 aliphatic carbocycles. The van der Waals surface area contributed by atoms with Crippen molar-refractivity contribution >= 4 is 33.2 Å². The average Bonchev–Trinajstić information content (AvgIpc) is 2.68. The van der Waals surface area contributed by atoms with E-state index in [1.165, 1.54) is 16.3 Å². The molecule has 3 rings (SSSR count). The van der Waals surface area contributed by atoms with E-state index in [4.69, 9.17) is 11.5 Å². The first-order valence-corrected chi connectivity index (χ1v) is 5.79. The van der Waals surface area contributed by atoms with Gasteiger partial charge in [-0.3, -0.25) is 0 Å². The maximum absolute atomic E-state index is 6.11. The SMILES string of the molecule is CCn1c2ccccc2c2ccc(N)c(N)c21. The molecule has 0 saturated heterocycles. The van der Waals surface area contributed by atoms with E-state index in [1.807, 2.05) is 18.2 Å². The molecule has 0 amide bonds. The van der Waals surface area contributed by atoms with Crippen molar-refractivity contribution in [2.24, 2.45) is 0 Å². The van der Waals surface area contributed by atoms with Crippen molar-refractivity contribution in [2.45, 2.75) is 13.5 Å². The van der Waals surface area contributed by atoms with Gasteiger partial charge in [0.2, 0.25) is 0 Å². The summed E-state index contributed by atoms with van der Waals surface area (Å²) in [5, 5.41) is 2.41. The number of nitrogens with zero attached hydrogens (tertiary/aromatic N) is 1. The Morgan fingerprint density at radius 1 is 1.00 bits per heavy atom. The Morgan fingerprint density at radius 3 is 2.53 bits per heavy atom. The van der Waals surface area contributed by atoms with Crippen LogP contribution in [0.2, 0.25) is 0 Å². The van der Waals surface area contributed by atoms with Gasteiger partial charge in [-0.25, -0.2) is 0 Å². The third kappa shape index (κ3) is 1.22. The van der Waals surface area contributed by atoms with Crippen LogP contribution in [0.1, 0.15) is 6.92 Å². The molecule has 86 valence electrons. The van der Waals surface area contributed by atoms with Gasteiger partial charge in [0.1, 0.15) is 0 Å². The van der Waals surface area contributed by atoms with Gasteiger partial charge in [0, 0.05) is 22.8 Å². The fourth-order valence-electron chi connectivity index (χ4n) is 2.52. The van der Waals surface area contributed by atoms with Crippen molar-refractivity contribution in [3.63, 3.8) is 0 Å². The number of nitrogen functional groups attached to an aromatic ring is 2. The van der Waals surface area contributed by atoms with Crippen LogP contribution in [0, 0.1) is 0 Å². The molecule has 0 atom stereocenters. The standard InChI is InChI=1S/C14H15N3/c1-2-17-12-6-4-3-5-9(12)10-7-8-11(15)13(16)14(10)17/h3-8H,2,15-16H2,1H3. The summed E-state index contributed by atoms with van der Waals surface area (Å²) in [6.07, 6.45) is 0. The molecule has 3 nitrogen and oxygen atoms in total. The summed E-state index contributed by atoms with van der Waals surface area (Å²) in [6.45, 7) is 3.01. The highest BCUT2D eigenvalue weighted by molar-refractivity contribution is 6.13. The van der Waals surface area contributed by atoms with Gasteiger partial charge in [-0.15, -0.1) is 0 Å². The van der Waals surface area contributed by atoms with Gasteiger partial charge in [-0.05, 0) is 19.1 Å². The van der Waals surface area contributed by atoms with E-state index < -0.39 is 0 Å². The first-order valence-electron chi connectivity index (χ1n) is 5.79. The first kappa shape index (κ1) is 10.0. The molecule has 1 aromatic heterocycles. The van der Waals surface area contributed by atoms with Gasteiger partial charge in [0.25, 0.3) is 0 Å². The summed E-state index contributed by atoms with van der Waals surface area (Å²) >= 11 is 0. The van der Waals surface area contributed by atoms with Crippen molar-refractivity contribution < 1.29 is 0 Å². The number of aromatic nitrogens is 1. The Balaban J connectivity index is 2.63. The molecule has 4 N–H and O–H groups in total. The van der Waals surface area contributed by atoms with Gasteiger partial charge >= 0.3 is 0 Å². The monoisotopic (exact) mass is 225 g/mol.